The molecule has 21 heavy (non-hydrogen) atoms. The van der Waals surface area contributed by atoms with Crippen molar-refractivity contribution in [3.63, 3.8) is 0 Å². The highest BCUT2D eigenvalue weighted by atomic mass is 31.2. The van der Waals surface area contributed by atoms with Crippen LogP contribution in [0.5, 0.6) is 0 Å². The van der Waals surface area contributed by atoms with Crippen molar-refractivity contribution in [3.8, 4) is 0 Å². The smallest absolute Gasteiger partial charge is 0.312 e. The molecule has 0 saturated heterocycles. The summed E-state index contributed by atoms with van der Waals surface area (Å²) in [6.45, 7) is 0. The molecule has 0 radical (unpaired) electrons. The molecule has 0 N–H and O–H groups in total. The molecular formula is C12H19FO6P2. The highest BCUT2D eigenvalue weighted by Crippen LogP contribution is 2.52. The number of hydrogen-bond acceptors (Lipinski definition) is 6. The maximum absolute atomic E-state index is 14.4. The second-order valence-electron chi connectivity index (χ2n) is 4.16. The molecule has 0 aliphatic heterocycles. The van der Waals surface area contributed by atoms with E-state index in [0.29, 0.717) is 0 Å². The number of hydrogen-bond donors (Lipinski definition) is 0. The Hall–Kier alpha value is -0.550. The van der Waals surface area contributed by atoms with E-state index in [1.165, 1.54) is 40.6 Å². The van der Waals surface area contributed by atoms with Crippen LogP contribution in [-0.2, 0) is 39.5 Å². The summed E-state index contributed by atoms with van der Waals surface area (Å²) < 4.78 is 57.7. The van der Waals surface area contributed by atoms with Crippen molar-refractivity contribution < 1.29 is 31.6 Å². The Morgan fingerprint density at radius 1 is 0.857 bits per heavy atom. The van der Waals surface area contributed by atoms with Gasteiger partial charge in [-0.15, -0.1) is 0 Å². The fraction of sp³-hybridized carbons (Fsp3) is 0.500. The lowest BCUT2D eigenvalue weighted by molar-refractivity contribution is 0.274. The molecule has 0 heterocycles. The average Bonchev–Trinajstić information content (AvgIpc) is 2.51. The Morgan fingerprint density at radius 2 is 1.19 bits per heavy atom. The quantitative estimate of drug-likeness (QED) is 0.671. The lowest BCUT2D eigenvalue weighted by Gasteiger charge is -2.17. The molecule has 9 heteroatoms. The standard InChI is InChI=1S/C12H19FO6P2/c1-16-20(14,17-2)8-10-6-5-7-11(12(10)13)9-21(15,18-3)19-4/h5-7H,8-9H2,1-4H3. The van der Waals surface area contributed by atoms with E-state index in [-0.39, 0.29) is 23.5 Å². The van der Waals surface area contributed by atoms with E-state index < -0.39 is 21.0 Å². The van der Waals surface area contributed by atoms with Crippen LogP contribution in [0.3, 0.4) is 0 Å². The molecule has 6 nitrogen and oxygen atoms in total. The minimum atomic E-state index is -3.39. The van der Waals surface area contributed by atoms with Gasteiger partial charge in [-0.1, -0.05) is 18.2 Å². The van der Waals surface area contributed by atoms with Gasteiger partial charge in [0.2, 0.25) is 0 Å². The summed E-state index contributed by atoms with van der Waals surface area (Å²) in [6, 6.07) is 4.50. The SMILES string of the molecule is COP(=O)(Cc1cccc(CP(=O)(OC)OC)c1F)OC. The van der Waals surface area contributed by atoms with Crippen molar-refractivity contribution in [3.05, 3.63) is 35.1 Å². The van der Waals surface area contributed by atoms with E-state index in [2.05, 4.69) is 0 Å². The first-order chi connectivity index (χ1) is 9.83. The van der Waals surface area contributed by atoms with E-state index >= 15 is 0 Å². The third kappa shape index (κ3) is 4.71. The predicted octanol–water partition coefficient (Wildman–Crippen LogP) is 3.80. The summed E-state index contributed by atoms with van der Waals surface area (Å²) in [7, 11) is -1.84. The van der Waals surface area contributed by atoms with E-state index in [4.69, 9.17) is 18.1 Å². The summed E-state index contributed by atoms with van der Waals surface area (Å²) in [6.07, 6.45) is -0.437. The molecule has 0 unspecified atom stereocenters. The number of benzene rings is 1. The van der Waals surface area contributed by atoms with Crippen molar-refractivity contribution in [2.45, 2.75) is 12.3 Å². The minimum absolute atomic E-state index is 0.151. The van der Waals surface area contributed by atoms with Crippen LogP contribution in [0.25, 0.3) is 0 Å². The van der Waals surface area contributed by atoms with Gasteiger partial charge in [-0.2, -0.15) is 0 Å². The van der Waals surface area contributed by atoms with Crippen LogP contribution in [0.4, 0.5) is 4.39 Å². The normalized spacial score (nSPS) is 12.6. The highest BCUT2D eigenvalue weighted by Gasteiger charge is 2.27. The van der Waals surface area contributed by atoms with Crippen LogP contribution in [0.1, 0.15) is 11.1 Å². The largest absolute Gasteiger partial charge is 0.334 e. The third-order valence-electron chi connectivity index (χ3n) is 3.00. The van der Waals surface area contributed by atoms with Gasteiger partial charge < -0.3 is 18.1 Å². The summed E-state index contributed by atoms with van der Waals surface area (Å²) in [5.74, 6) is -0.624. The van der Waals surface area contributed by atoms with Crippen LogP contribution >= 0.6 is 15.2 Å². The summed E-state index contributed by atoms with van der Waals surface area (Å²) >= 11 is 0. The van der Waals surface area contributed by atoms with Crippen LogP contribution in [0.15, 0.2) is 18.2 Å². The molecule has 0 fully saturated rings. The van der Waals surface area contributed by atoms with E-state index in [1.54, 1.807) is 6.07 Å². The van der Waals surface area contributed by atoms with Gasteiger partial charge in [0.05, 0.1) is 12.3 Å². The lowest BCUT2D eigenvalue weighted by Crippen LogP contribution is -2.01. The molecule has 0 saturated carbocycles. The second kappa shape index (κ2) is 7.63. The Balaban J connectivity index is 3.10. The summed E-state index contributed by atoms with van der Waals surface area (Å²) in [5.41, 5.74) is 0.302. The Bertz CT molecular complexity index is 515. The molecule has 1 rings (SSSR count). The van der Waals surface area contributed by atoms with E-state index in [1.807, 2.05) is 0 Å². The first-order valence-corrected chi connectivity index (χ1v) is 9.46. The van der Waals surface area contributed by atoms with Crippen molar-refractivity contribution >= 4 is 15.2 Å². The predicted molar refractivity (Wildman–Crippen MR) is 77.1 cm³/mol. The molecule has 0 aliphatic rings. The molecule has 1 aromatic carbocycles. The van der Waals surface area contributed by atoms with Crippen LogP contribution in [0, 0.1) is 5.82 Å². The highest BCUT2D eigenvalue weighted by molar-refractivity contribution is 7.53. The van der Waals surface area contributed by atoms with Crippen molar-refractivity contribution in [1.82, 2.24) is 0 Å². The van der Waals surface area contributed by atoms with Gasteiger partial charge in [0, 0.05) is 39.6 Å². The van der Waals surface area contributed by atoms with Gasteiger partial charge in [-0.3, -0.25) is 9.13 Å². The van der Waals surface area contributed by atoms with Crippen LogP contribution in [-0.4, -0.2) is 28.4 Å². The molecular weight excluding hydrogens is 321 g/mol. The van der Waals surface area contributed by atoms with Crippen LogP contribution < -0.4 is 0 Å². The van der Waals surface area contributed by atoms with Crippen molar-refractivity contribution in [1.29, 1.82) is 0 Å². The van der Waals surface area contributed by atoms with Gasteiger partial charge in [0.1, 0.15) is 5.82 Å². The Morgan fingerprint density at radius 3 is 1.48 bits per heavy atom. The zero-order chi connectivity index (χ0) is 16.1. The number of rotatable bonds is 8. The average molecular weight is 340 g/mol. The second-order valence-corrected chi connectivity index (χ2v) is 8.70. The topological polar surface area (TPSA) is 71.1 Å². The Labute approximate surface area is 123 Å². The fourth-order valence-electron chi connectivity index (χ4n) is 1.70. The van der Waals surface area contributed by atoms with Crippen LogP contribution in [0.2, 0.25) is 0 Å². The Kier molecular flexibility index (Phi) is 6.72. The summed E-state index contributed by atoms with van der Waals surface area (Å²) in [4.78, 5) is 0. The van der Waals surface area contributed by atoms with Gasteiger partial charge >= 0.3 is 15.2 Å². The van der Waals surface area contributed by atoms with E-state index in [0.717, 1.165) is 0 Å². The molecule has 120 valence electrons. The van der Waals surface area contributed by atoms with Crippen molar-refractivity contribution in [2.75, 3.05) is 28.4 Å². The molecule has 1 aromatic rings. The molecule has 0 atom stereocenters. The van der Waals surface area contributed by atoms with Crippen molar-refractivity contribution in [2.24, 2.45) is 0 Å². The molecule has 0 aromatic heterocycles. The number of halogens is 1. The zero-order valence-corrected chi connectivity index (χ0v) is 14.2. The first-order valence-electron chi connectivity index (χ1n) is 6.00. The molecule has 0 bridgehead atoms. The zero-order valence-electron chi connectivity index (χ0n) is 12.4. The molecule has 0 aliphatic carbocycles. The van der Waals surface area contributed by atoms with Gasteiger partial charge in [0.25, 0.3) is 0 Å². The molecule has 0 spiro atoms. The van der Waals surface area contributed by atoms with E-state index in [9.17, 15) is 13.5 Å². The minimum Gasteiger partial charge on any atom is -0.312 e. The third-order valence-corrected chi connectivity index (χ3v) is 6.68. The first kappa shape index (κ1) is 18.5. The molecule has 0 amide bonds. The van der Waals surface area contributed by atoms with Gasteiger partial charge in [0.15, 0.2) is 0 Å². The lowest BCUT2D eigenvalue weighted by atomic mass is 10.1. The van der Waals surface area contributed by atoms with Gasteiger partial charge in [-0.25, -0.2) is 4.39 Å². The maximum Gasteiger partial charge on any atom is 0.334 e. The monoisotopic (exact) mass is 340 g/mol. The fourth-order valence-corrected chi connectivity index (χ4v) is 3.84. The van der Waals surface area contributed by atoms with Gasteiger partial charge in [-0.05, 0) is 0 Å². The maximum atomic E-state index is 14.4. The summed E-state index contributed by atoms with van der Waals surface area (Å²) in [5, 5.41) is 0.